The number of esters is 1. The van der Waals surface area contributed by atoms with E-state index in [4.69, 9.17) is 19.3 Å². The summed E-state index contributed by atoms with van der Waals surface area (Å²) in [7, 11) is 0. The van der Waals surface area contributed by atoms with Crippen LogP contribution in [-0.2, 0) is 19.0 Å². The van der Waals surface area contributed by atoms with Gasteiger partial charge in [-0.2, -0.15) is 0 Å². The molecule has 0 amide bonds. The summed E-state index contributed by atoms with van der Waals surface area (Å²) >= 11 is 0. The van der Waals surface area contributed by atoms with Crippen molar-refractivity contribution in [2.45, 2.75) is 50.5 Å². The Morgan fingerprint density at radius 2 is 2.19 bits per heavy atom. The van der Waals surface area contributed by atoms with Crippen LogP contribution in [0.1, 0.15) is 20.3 Å². The van der Waals surface area contributed by atoms with Gasteiger partial charge in [0.05, 0.1) is 13.0 Å². The lowest BCUT2D eigenvalue weighted by Gasteiger charge is -2.32. The minimum Gasteiger partial charge on any atom is -0.457 e. The Morgan fingerprint density at radius 3 is 2.81 bits per heavy atom. The second-order valence-corrected chi connectivity index (χ2v) is 4.55. The van der Waals surface area contributed by atoms with Crippen molar-refractivity contribution in [3.05, 3.63) is 0 Å². The van der Waals surface area contributed by atoms with E-state index in [9.17, 15) is 9.90 Å². The van der Waals surface area contributed by atoms with Gasteiger partial charge in [-0.15, -0.1) is 0 Å². The van der Waals surface area contributed by atoms with Gasteiger partial charge in [0.25, 0.3) is 0 Å². The molecule has 0 aromatic rings. The SMILES string of the molecule is CC1(C)O[C@H]2[C@@H]([C@H](O)CO)OC(=O)C[C@H]2O1. The summed E-state index contributed by atoms with van der Waals surface area (Å²) in [6.45, 7) is 2.99. The summed E-state index contributed by atoms with van der Waals surface area (Å²) in [5.41, 5.74) is 0. The number of rotatable bonds is 2. The number of cyclic esters (lactones) is 1. The standard InChI is InChI=1S/C10H16O6/c1-10(2)15-6-3-7(13)14-8(5(12)4-11)9(6)16-10/h5-6,8-9,11-12H,3-4H2,1-2H3/t5-,6-,8-,9-/m1/s1. The van der Waals surface area contributed by atoms with Gasteiger partial charge < -0.3 is 24.4 Å². The van der Waals surface area contributed by atoms with Gasteiger partial charge in [-0.25, -0.2) is 0 Å². The van der Waals surface area contributed by atoms with Gasteiger partial charge in [-0.3, -0.25) is 4.79 Å². The van der Waals surface area contributed by atoms with E-state index in [0.717, 1.165) is 0 Å². The van der Waals surface area contributed by atoms with Crippen LogP contribution in [0, 0.1) is 0 Å². The quantitative estimate of drug-likeness (QED) is 0.605. The minimum atomic E-state index is -1.14. The van der Waals surface area contributed by atoms with Crippen LogP contribution in [-0.4, -0.2) is 53.0 Å². The molecule has 0 aromatic heterocycles. The molecule has 2 fully saturated rings. The minimum absolute atomic E-state index is 0.114. The first-order chi connectivity index (χ1) is 7.43. The van der Waals surface area contributed by atoms with E-state index in [2.05, 4.69) is 0 Å². The number of hydrogen-bond acceptors (Lipinski definition) is 6. The van der Waals surface area contributed by atoms with Gasteiger partial charge >= 0.3 is 5.97 Å². The Kier molecular flexibility index (Phi) is 2.91. The molecule has 4 atom stereocenters. The number of fused-ring (bicyclic) bond motifs is 1. The maximum absolute atomic E-state index is 11.3. The molecule has 2 heterocycles. The smallest absolute Gasteiger partial charge is 0.309 e. The summed E-state index contributed by atoms with van der Waals surface area (Å²) in [5.74, 6) is -1.24. The number of hydrogen-bond donors (Lipinski definition) is 2. The number of carbonyl (C=O) groups excluding carboxylic acids is 1. The molecule has 0 aliphatic carbocycles. The highest BCUT2D eigenvalue weighted by Crippen LogP contribution is 2.36. The van der Waals surface area contributed by atoms with Crippen LogP contribution in [0.4, 0.5) is 0 Å². The molecular formula is C10H16O6. The van der Waals surface area contributed by atoms with Gasteiger partial charge in [0.15, 0.2) is 11.9 Å². The van der Waals surface area contributed by atoms with Gasteiger partial charge in [-0.05, 0) is 13.8 Å². The molecule has 0 saturated carbocycles. The van der Waals surface area contributed by atoms with E-state index >= 15 is 0 Å². The topological polar surface area (TPSA) is 85.2 Å². The number of ether oxygens (including phenoxy) is 3. The van der Waals surface area contributed by atoms with Crippen molar-refractivity contribution in [3.8, 4) is 0 Å². The molecule has 2 saturated heterocycles. The molecule has 2 N–H and O–H groups in total. The average Bonchev–Trinajstić information content (AvgIpc) is 2.49. The van der Waals surface area contributed by atoms with Gasteiger partial charge in [0.2, 0.25) is 0 Å². The molecule has 0 spiro atoms. The fourth-order valence-electron chi connectivity index (χ4n) is 2.13. The first-order valence-electron chi connectivity index (χ1n) is 5.27. The Balaban J connectivity index is 2.16. The first kappa shape index (κ1) is 11.8. The molecule has 92 valence electrons. The zero-order valence-corrected chi connectivity index (χ0v) is 9.25. The molecule has 2 aliphatic heterocycles. The van der Waals surface area contributed by atoms with Crippen molar-refractivity contribution in [2.24, 2.45) is 0 Å². The van der Waals surface area contributed by atoms with Crippen molar-refractivity contribution < 1.29 is 29.2 Å². The van der Waals surface area contributed by atoms with Crippen molar-refractivity contribution >= 4 is 5.97 Å². The lowest BCUT2D eigenvalue weighted by molar-refractivity contribution is -0.186. The largest absolute Gasteiger partial charge is 0.457 e. The van der Waals surface area contributed by atoms with Crippen LogP contribution in [0.15, 0.2) is 0 Å². The third-order valence-electron chi connectivity index (χ3n) is 2.75. The highest BCUT2D eigenvalue weighted by molar-refractivity contribution is 5.71. The highest BCUT2D eigenvalue weighted by Gasteiger charge is 2.52. The lowest BCUT2D eigenvalue weighted by Crippen LogP contribution is -2.51. The van der Waals surface area contributed by atoms with E-state index in [1.807, 2.05) is 0 Å². The van der Waals surface area contributed by atoms with Crippen molar-refractivity contribution in [3.63, 3.8) is 0 Å². The molecule has 0 bridgehead atoms. The Labute approximate surface area is 93.1 Å². The van der Waals surface area contributed by atoms with Crippen LogP contribution >= 0.6 is 0 Å². The van der Waals surface area contributed by atoms with E-state index in [1.54, 1.807) is 13.8 Å². The fourth-order valence-corrected chi connectivity index (χ4v) is 2.13. The molecule has 6 heteroatoms. The maximum atomic E-state index is 11.3. The summed E-state index contributed by atoms with van der Waals surface area (Å²) in [6.07, 6.45) is -2.83. The summed E-state index contributed by atoms with van der Waals surface area (Å²) in [6, 6.07) is 0. The molecule has 2 aliphatic rings. The first-order valence-corrected chi connectivity index (χ1v) is 5.27. The van der Waals surface area contributed by atoms with Crippen molar-refractivity contribution in [1.82, 2.24) is 0 Å². The van der Waals surface area contributed by atoms with Crippen LogP contribution < -0.4 is 0 Å². The van der Waals surface area contributed by atoms with Crippen LogP contribution in [0.5, 0.6) is 0 Å². The second kappa shape index (κ2) is 3.96. The second-order valence-electron chi connectivity index (χ2n) is 4.55. The molecule has 0 aromatic carbocycles. The summed E-state index contributed by atoms with van der Waals surface area (Å²) in [5, 5.41) is 18.4. The fraction of sp³-hybridized carbons (Fsp3) is 0.900. The third kappa shape index (κ3) is 2.06. The molecule has 2 rings (SSSR count). The van der Waals surface area contributed by atoms with E-state index in [0.29, 0.717) is 0 Å². The molecule has 0 unspecified atom stereocenters. The predicted octanol–water partition coefficient (Wildman–Crippen LogP) is -0.825. The zero-order chi connectivity index (χ0) is 11.9. The Morgan fingerprint density at radius 1 is 1.50 bits per heavy atom. The Bertz CT molecular complexity index is 289. The molecule has 16 heavy (non-hydrogen) atoms. The lowest BCUT2D eigenvalue weighted by atomic mass is 9.98. The number of aliphatic hydroxyl groups excluding tert-OH is 2. The molecular weight excluding hydrogens is 216 g/mol. The molecule has 6 nitrogen and oxygen atoms in total. The van der Waals surface area contributed by atoms with Gasteiger partial charge in [-0.1, -0.05) is 0 Å². The third-order valence-corrected chi connectivity index (χ3v) is 2.75. The van der Waals surface area contributed by atoms with Crippen LogP contribution in [0.3, 0.4) is 0 Å². The average molecular weight is 232 g/mol. The Hall–Kier alpha value is -0.690. The van der Waals surface area contributed by atoms with Crippen molar-refractivity contribution in [1.29, 1.82) is 0 Å². The number of aliphatic hydroxyl groups is 2. The normalized spacial score (nSPS) is 39.0. The van der Waals surface area contributed by atoms with Gasteiger partial charge in [0, 0.05) is 0 Å². The zero-order valence-electron chi connectivity index (χ0n) is 9.25. The molecule has 0 radical (unpaired) electrons. The van der Waals surface area contributed by atoms with Crippen molar-refractivity contribution in [2.75, 3.05) is 6.61 Å². The summed E-state index contributed by atoms with van der Waals surface area (Å²) < 4.78 is 16.1. The van der Waals surface area contributed by atoms with Crippen LogP contribution in [0.25, 0.3) is 0 Å². The summed E-state index contributed by atoms with van der Waals surface area (Å²) in [4.78, 5) is 11.3. The van der Waals surface area contributed by atoms with E-state index in [-0.39, 0.29) is 6.42 Å². The highest BCUT2D eigenvalue weighted by atomic mass is 16.8. The predicted molar refractivity (Wildman–Crippen MR) is 51.4 cm³/mol. The van der Waals surface area contributed by atoms with E-state index in [1.165, 1.54) is 0 Å². The number of carbonyl (C=O) groups is 1. The van der Waals surface area contributed by atoms with Crippen LogP contribution in [0.2, 0.25) is 0 Å². The monoisotopic (exact) mass is 232 g/mol. The van der Waals surface area contributed by atoms with Gasteiger partial charge in [0.1, 0.15) is 18.3 Å². The maximum Gasteiger partial charge on any atom is 0.309 e. The van der Waals surface area contributed by atoms with E-state index < -0.39 is 42.8 Å².